The highest BCUT2D eigenvalue weighted by atomic mass is 35.5. The predicted molar refractivity (Wildman–Crippen MR) is 377 cm³/mol. The Morgan fingerprint density at radius 1 is 0.337 bits per heavy atom. The van der Waals surface area contributed by atoms with E-state index in [-0.39, 0.29) is 76.8 Å². The largest absolute Gasteiger partial charge is 1.00 e. The number of ether oxygens (including phenoxy) is 8. The first-order valence-corrected chi connectivity index (χ1v) is 34.9. The molecular weight excluding hydrogens is 1300 g/mol. The van der Waals surface area contributed by atoms with Crippen molar-refractivity contribution in [3.63, 3.8) is 0 Å². The number of methoxy groups -OCH3 is 1. The number of rotatable bonds is 41. The number of aliphatic carboxylic acids is 3. The number of halogens is 1. The summed E-state index contributed by atoms with van der Waals surface area (Å²) in [6, 6.07) is 0. The van der Waals surface area contributed by atoms with Gasteiger partial charge < -0.3 is 136 Å². The van der Waals surface area contributed by atoms with E-state index in [1.807, 2.05) is 0 Å². The van der Waals surface area contributed by atoms with Gasteiger partial charge in [-0.2, -0.15) is 0 Å². The number of likely N-dealkylation sites (tertiary alicyclic amines) is 4. The molecule has 0 spiro atoms. The molecule has 27 heteroatoms. The predicted octanol–water partition coefficient (Wildman–Crippen LogP) is -2.13. The molecule has 0 aromatic carbocycles. The van der Waals surface area contributed by atoms with Gasteiger partial charge in [0, 0.05) is 88.6 Å². The maximum Gasteiger partial charge on any atom is 0.311 e. The number of carbonyl (C=O) groups excluding carboxylic acids is 4. The van der Waals surface area contributed by atoms with Crippen LogP contribution >= 0.6 is 0 Å². The average molecular weight is 1450 g/mol. The summed E-state index contributed by atoms with van der Waals surface area (Å²) in [5.74, 6) is 3.81. The molecule has 4 saturated heterocycles. The maximum atomic E-state index is 12.3. The highest BCUT2D eigenvalue weighted by molar-refractivity contribution is 5.78. The van der Waals surface area contributed by atoms with Crippen LogP contribution in [0.25, 0.3) is 0 Å². The minimum atomic E-state index is -1.24. The fourth-order valence-corrected chi connectivity index (χ4v) is 15.1. The fourth-order valence-electron chi connectivity index (χ4n) is 15.1. The summed E-state index contributed by atoms with van der Waals surface area (Å²) in [5, 5.41) is 32.9. The van der Waals surface area contributed by atoms with E-state index in [0.717, 1.165) is 47.3 Å². The number of hydrogen-bond acceptors (Lipinski definition) is 15. The second-order valence-corrected chi connectivity index (χ2v) is 31.7. The number of quaternary nitrogens is 4. The first-order chi connectivity index (χ1) is 41.9. The molecule has 10 atom stereocenters. The Kier molecular flexibility index (Phi) is 61.5. The van der Waals surface area contributed by atoms with Crippen LogP contribution in [0, 0.1) is 69.0 Å². The first-order valence-electron chi connectivity index (χ1n) is 34.9. The summed E-state index contributed by atoms with van der Waals surface area (Å²) in [7, 11) is 21.0. The Bertz CT molecular complexity index is 1900. The van der Waals surface area contributed by atoms with Gasteiger partial charge in [-0.3, -0.25) is 4.79 Å². The molecule has 0 bridgehead atoms. The lowest BCUT2D eigenvalue weighted by atomic mass is 9.72. The molecule has 26 nitrogen and oxygen atoms in total. The molecule has 4 heterocycles. The van der Waals surface area contributed by atoms with E-state index in [9.17, 15) is 34.5 Å². The molecule has 14 N–H and O–H groups in total. The highest BCUT2D eigenvalue weighted by Crippen LogP contribution is 2.41. The molecule has 4 aliphatic heterocycles. The molecular formula is C71H153ClN4O22. The third kappa shape index (κ3) is 42.9. The van der Waals surface area contributed by atoms with Gasteiger partial charge >= 0.3 is 5.97 Å². The van der Waals surface area contributed by atoms with Crippen molar-refractivity contribution in [2.24, 2.45) is 69.0 Å². The van der Waals surface area contributed by atoms with Gasteiger partial charge in [-0.15, -0.1) is 0 Å². The van der Waals surface area contributed by atoms with Gasteiger partial charge in [-0.1, -0.05) is 69.2 Å². The van der Waals surface area contributed by atoms with Gasteiger partial charge in [0.05, 0.1) is 200 Å². The summed E-state index contributed by atoms with van der Waals surface area (Å²) in [6.07, 6.45) is 12.4. The Labute approximate surface area is 600 Å². The molecule has 10 unspecified atom stereocenters. The van der Waals surface area contributed by atoms with Crippen LogP contribution in [-0.2, 0) is 57.1 Å². The lowest BCUT2D eigenvalue weighted by Crippen LogP contribution is -3.00. The second kappa shape index (κ2) is 54.1. The van der Waals surface area contributed by atoms with Gasteiger partial charge in [-0.05, 0) is 90.9 Å². The maximum absolute atomic E-state index is 12.3. The highest BCUT2D eigenvalue weighted by Gasteiger charge is 2.45. The molecule has 0 saturated carbocycles. The van der Waals surface area contributed by atoms with Crippen LogP contribution in [0.5, 0.6) is 0 Å². The zero-order chi connectivity index (χ0) is 68.6. The molecule has 0 amide bonds. The Morgan fingerprint density at radius 3 is 0.735 bits per heavy atom. The monoisotopic (exact) mass is 1450 g/mol. The summed E-state index contributed by atoms with van der Waals surface area (Å²) < 4.78 is 47.4. The van der Waals surface area contributed by atoms with Crippen LogP contribution in [0.2, 0.25) is 0 Å². The second-order valence-electron chi connectivity index (χ2n) is 31.7. The van der Waals surface area contributed by atoms with Crippen LogP contribution in [0.4, 0.5) is 0 Å². The average Bonchev–Trinajstić information content (AvgIpc) is 1.35. The molecule has 0 aromatic rings. The molecule has 4 fully saturated rings. The SMILES string of the molecule is CCC(C)(CC(C)(C)C(=O)OCCOCCOCCOCCOCCOCCOCCOC)C(=O)[O-].CCC(C)(CC(C)(C)C(=O)[O-])C(=O)[O-].CCC1C[N+](C)(C)CC1CCC1C[N+](C)(C)CC1CC.CCC1C[N+](C)(C)CC1CCC1C[N+](C)(C)CC1CC.O.O.O.O.O.O.O.[Cl-]. The number of nitrogens with zero attached hydrogens (tertiary/aromatic N) is 4. The van der Waals surface area contributed by atoms with Crippen LogP contribution in [-0.4, -0.2) is 288 Å². The summed E-state index contributed by atoms with van der Waals surface area (Å²) in [6.45, 7) is 39.8. The zero-order valence-corrected chi connectivity index (χ0v) is 66.2. The van der Waals surface area contributed by atoms with E-state index >= 15 is 0 Å². The lowest BCUT2D eigenvalue weighted by Gasteiger charge is -2.38. The Balaban J connectivity index is -0.000000189. The van der Waals surface area contributed by atoms with Crippen LogP contribution in [0.3, 0.4) is 0 Å². The van der Waals surface area contributed by atoms with Gasteiger partial charge in [-0.25, -0.2) is 0 Å². The minimum absolute atomic E-state index is 0. The van der Waals surface area contributed by atoms with E-state index in [1.165, 1.54) is 142 Å². The van der Waals surface area contributed by atoms with Crippen LogP contribution in [0.15, 0.2) is 0 Å². The third-order valence-electron chi connectivity index (χ3n) is 20.5. The topological polar surface area (TPSA) is 432 Å². The van der Waals surface area contributed by atoms with Crippen LogP contribution in [0.1, 0.15) is 160 Å². The lowest BCUT2D eigenvalue weighted by molar-refractivity contribution is -0.881. The zero-order valence-electron chi connectivity index (χ0n) is 65.5. The van der Waals surface area contributed by atoms with Crippen molar-refractivity contribution < 1.29 is 141 Å². The first kappa shape index (κ1) is 111. The van der Waals surface area contributed by atoms with E-state index < -0.39 is 45.5 Å². The normalized spacial score (nSPS) is 23.3. The molecule has 0 radical (unpaired) electrons. The van der Waals surface area contributed by atoms with Gasteiger partial charge in [0.1, 0.15) is 6.61 Å². The summed E-state index contributed by atoms with van der Waals surface area (Å²) in [5.41, 5.74) is -4.27. The van der Waals surface area contributed by atoms with E-state index in [4.69, 9.17) is 37.9 Å². The Hall–Kier alpha value is -2.55. The number of carboxylic acid groups (broad SMARTS) is 3. The Morgan fingerprint density at radius 2 is 0.541 bits per heavy atom. The molecule has 596 valence electrons. The van der Waals surface area contributed by atoms with Crippen molar-refractivity contribution in [2.45, 2.75) is 160 Å². The van der Waals surface area contributed by atoms with E-state index in [0.29, 0.717) is 92.1 Å². The van der Waals surface area contributed by atoms with Crippen molar-refractivity contribution in [3.05, 3.63) is 0 Å². The molecule has 0 aromatic heterocycles. The van der Waals surface area contributed by atoms with Crippen molar-refractivity contribution in [3.8, 4) is 0 Å². The molecule has 4 rings (SSSR count). The quantitative estimate of drug-likeness (QED) is 0.0359. The van der Waals surface area contributed by atoms with E-state index in [1.54, 1.807) is 41.7 Å². The van der Waals surface area contributed by atoms with Crippen molar-refractivity contribution >= 4 is 23.9 Å². The van der Waals surface area contributed by atoms with Crippen molar-refractivity contribution in [1.82, 2.24) is 0 Å². The number of esters is 1. The number of carboxylic acids is 3. The number of carbonyl (C=O) groups is 4. The molecule has 4 aliphatic rings. The molecule has 0 aliphatic carbocycles. The van der Waals surface area contributed by atoms with Gasteiger partial charge in [0.2, 0.25) is 0 Å². The summed E-state index contributed by atoms with van der Waals surface area (Å²) in [4.78, 5) is 45.3. The minimum Gasteiger partial charge on any atom is -1.00 e. The van der Waals surface area contributed by atoms with Gasteiger partial charge in [0.25, 0.3) is 0 Å². The fraction of sp³-hybridized carbons (Fsp3) is 0.944. The third-order valence-corrected chi connectivity index (χ3v) is 20.5. The van der Waals surface area contributed by atoms with E-state index in [2.05, 4.69) is 84.1 Å². The van der Waals surface area contributed by atoms with Gasteiger partial charge in [0.15, 0.2) is 0 Å². The van der Waals surface area contributed by atoms with Crippen molar-refractivity contribution in [2.75, 3.05) is 208 Å². The summed E-state index contributed by atoms with van der Waals surface area (Å²) >= 11 is 0. The standard InChI is InChI=1S/C25H48O11.2C18H38N2.C10H18O4.ClH.7H2O/c1-6-25(4,22(26)27)21-24(2,3)23(28)36-20-19-35-18-17-34-16-15-33-14-13-32-12-11-31-10-9-30-8-7-29-5;2*1-7-15-11-19(3,4)13-17(15)9-10-18-14-20(5,6)12-16(18)8-2;1-5-10(4,8(13)14)6-9(2,3)7(11)12;;;;;;;;/h6-21H2,1-5H3,(H,26,27);2*15-18H,7-14H2,1-6H3;5-6H2,1-4H3,(H,11,12)(H,13,14);1H;7*1H2/q;2*+2;;;;;;;;;/p-4. The van der Waals surface area contributed by atoms with Crippen LogP contribution < -0.4 is 27.7 Å². The number of hydrogen-bond donors (Lipinski definition) is 0. The smallest absolute Gasteiger partial charge is 0.311 e. The van der Waals surface area contributed by atoms with Crippen molar-refractivity contribution in [1.29, 1.82) is 0 Å². The molecule has 98 heavy (non-hydrogen) atoms.